The number of pyridine rings is 1. The van der Waals surface area contributed by atoms with Crippen LogP contribution >= 0.6 is 0 Å². The van der Waals surface area contributed by atoms with E-state index in [1.54, 1.807) is 69.4 Å². The lowest BCUT2D eigenvalue weighted by Crippen LogP contribution is -2.32. The average Bonchev–Trinajstić information content (AvgIpc) is 1.51. The van der Waals surface area contributed by atoms with Crippen LogP contribution in [0.1, 0.15) is 101 Å². The molecule has 0 spiro atoms. The molecule has 87 heavy (non-hydrogen) atoms. The first-order valence-electron chi connectivity index (χ1n) is 41.5. The maximum absolute atomic E-state index is 10.5. The third-order valence-corrected chi connectivity index (χ3v) is 15.8. The van der Waals surface area contributed by atoms with Crippen molar-refractivity contribution in [2.45, 2.75) is 66.1 Å². The van der Waals surface area contributed by atoms with Crippen molar-refractivity contribution in [2.75, 3.05) is 0 Å². The van der Waals surface area contributed by atoms with Gasteiger partial charge in [-0.1, -0.05) is 211 Å². The second-order valence-corrected chi connectivity index (χ2v) is 23.3. The summed E-state index contributed by atoms with van der Waals surface area (Å²) in [6.07, 6.45) is 5.21. The molecule has 3 aromatic heterocycles. The van der Waals surface area contributed by atoms with Gasteiger partial charge in [-0.15, -0.1) is 0 Å². The van der Waals surface area contributed by atoms with Gasteiger partial charge in [0.05, 0.1) is 62.2 Å². The molecule has 5 heteroatoms. The number of benzene rings is 11. The molecule has 11 aromatic carbocycles. The van der Waals surface area contributed by atoms with Crippen LogP contribution in [0.25, 0.3) is 128 Å². The van der Waals surface area contributed by atoms with Gasteiger partial charge >= 0.3 is 0 Å². The standard InChI is InChI=1S/C82H66N4O/c1-52-23-21-24-53(2)78(52)73-47-61(82(6,7)8)46-72-68-34-18-16-32-66(68)65-31-15-17-33-67(65)71-44-59(58-42-56(54-25-11-9-12-26-54)41-57(43-58)55-27-13-10-14-28-55)45-76-80(71)85(79(72)73)51-84(76)62-29-22-30-63(49-62)87-64-37-38-70-69-35-19-20-36-74(69)86(75(70)50-64)77-48-60(39-40-83-77)81(3,4)5/h9-50H,1-8H3/i1D3,2D3,9D,10D,11D,12D,13D,14D,15D,16D,17D,18D,25D,26D,27D,28D,31D,32D,33D,34D,41D,42D,43D. The molecule has 0 radical (unpaired) electrons. The van der Waals surface area contributed by atoms with Crippen LogP contribution < -0.4 is 9.30 Å². The molecule has 0 saturated carbocycles. The summed E-state index contributed by atoms with van der Waals surface area (Å²) in [5.74, 6) is 1.12. The van der Waals surface area contributed by atoms with E-state index in [2.05, 4.69) is 27.1 Å². The number of imidazole rings is 1. The fourth-order valence-electron chi connectivity index (χ4n) is 11.6. The van der Waals surface area contributed by atoms with Gasteiger partial charge in [-0.05, 0) is 197 Å². The summed E-state index contributed by atoms with van der Waals surface area (Å²) in [7, 11) is 0. The second-order valence-electron chi connectivity index (χ2n) is 23.3. The number of nitrogens with zero attached hydrogens (tertiary/aromatic N) is 4. The average molecular weight is 1150 g/mol. The van der Waals surface area contributed by atoms with Gasteiger partial charge in [-0.3, -0.25) is 13.7 Å². The van der Waals surface area contributed by atoms with E-state index >= 15 is 0 Å². The van der Waals surface area contributed by atoms with Crippen LogP contribution in [0.5, 0.6) is 11.5 Å². The molecule has 0 unspecified atom stereocenters. The Labute approximate surface area is 547 Å². The van der Waals surface area contributed by atoms with E-state index in [1.807, 2.05) is 53.1 Å². The summed E-state index contributed by atoms with van der Waals surface area (Å²) < 4.78 is 267. The van der Waals surface area contributed by atoms with Crippen molar-refractivity contribution in [3.63, 3.8) is 0 Å². The Kier molecular flexibility index (Phi) is 7.54. The van der Waals surface area contributed by atoms with Crippen LogP contribution in [0.3, 0.4) is 0 Å². The molecule has 0 bridgehead atoms. The summed E-state index contributed by atoms with van der Waals surface area (Å²) in [6, 6.07) is 14.3. The zero-order chi connectivity index (χ0) is 82.6. The Hall–Kier alpha value is -10.4. The van der Waals surface area contributed by atoms with Gasteiger partial charge in [0.2, 0.25) is 0 Å². The van der Waals surface area contributed by atoms with Crippen molar-refractivity contribution < 1.29 is 46.3 Å². The molecule has 4 heterocycles. The monoisotopic (exact) mass is 1150 g/mol. The summed E-state index contributed by atoms with van der Waals surface area (Å²) in [6.45, 7) is 5.45. The number of para-hydroxylation sites is 1. The maximum Gasteiger partial charge on any atom is 0.269 e. The molecule has 0 fully saturated rings. The number of hydrogen-bond acceptors (Lipinski definition) is 2. The Morgan fingerprint density at radius 3 is 1.69 bits per heavy atom. The van der Waals surface area contributed by atoms with Crippen molar-refractivity contribution in [3.05, 3.63) is 283 Å². The van der Waals surface area contributed by atoms with Crippen LogP contribution in [-0.4, -0.2) is 14.1 Å². The van der Waals surface area contributed by atoms with Gasteiger partial charge in [-0.2, -0.15) is 0 Å². The number of rotatable bonds is 8. The lowest BCUT2D eigenvalue weighted by Gasteiger charge is -2.27. The van der Waals surface area contributed by atoms with Gasteiger partial charge in [0.1, 0.15) is 17.3 Å². The molecule has 0 saturated heterocycles. The molecule has 15 rings (SSSR count). The fraction of sp³-hybridized carbons (Fsp3) is 0.122. The second kappa shape index (κ2) is 20.7. The maximum atomic E-state index is 10.5. The van der Waals surface area contributed by atoms with E-state index in [4.69, 9.17) is 17.9 Å². The lowest BCUT2D eigenvalue weighted by atomic mass is 9.80. The van der Waals surface area contributed by atoms with Crippen molar-refractivity contribution in [1.82, 2.24) is 14.1 Å². The molecule has 0 amide bonds. The first-order chi connectivity index (χ1) is 53.4. The zero-order valence-corrected chi connectivity index (χ0v) is 47.8. The Bertz CT molecular complexity index is 6410. The van der Waals surface area contributed by atoms with Crippen LogP contribution in [0.4, 0.5) is 0 Å². The van der Waals surface area contributed by atoms with Gasteiger partial charge in [0, 0.05) is 31.3 Å². The molecule has 5 nitrogen and oxygen atoms in total. The Morgan fingerprint density at radius 1 is 0.460 bits per heavy atom. The number of ether oxygens (including phenoxy) is 1. The summed E-state index contributed by atoms with van der Waals surface area (Å²) in [5, 5.41) is 1.79. The summed E-state index contributed by atoms with van der Waals surface area (Å²) in [4.78, 5) is 4.85. The number of fused-ring (bicyclic) bond motifs is 10. The van der Waals surface area contributed by atoms with Crippen molar-refractivity contribution in [3.8, 4) is 107 Å². The van der Waals surface area contributed by atoms with E-state index in [0.29, 0.717) is 17.1 Å². The minimum absolute atomic E-state index is 0.131. The third kappa shape index (κ3) is 9.33. The van der Waals surface area contributed by atoms with E-state index < -0.39 is 207 Å². The van der Waals surface area contributed by atoms with E-state index in [9.17, 15) is 28.8 Å². The van der Waals surface area contributed by atoms with Gasteiger partial charge in [0.15, 0.2) is 0 Å². The highest BCUT2D eigenvalue weighted by Gasteiger charge is 2.31. The van der Waals surface area contributed by atoms with Gasteiger partial charge in [-0.25, -0.2) is 4.98 Å². The summed E-state index contributed by atoms with van der Waals surface area (Å²) >= 11 is 0. The molecule has 0 aliphatic carbocycles. The highest BCUT2D eigenvalue weighted by atomic mass is 16.5. The highest BCUT2D eigenvalue weighted by Crippen LogP contribution is 2.49. The largest absolute Gasteiger partial charge is 0.458 e. The smallest absolute Gasteiger partial charge is 0.269 e. The predicted octanol–water partition coefficient (Wildman–Crippen LogP) is 21.2. The summed E-state index contributed by atoms with van der Waals surface area (Å²) in [5.41, 5.74) is -7.01. The van der Waals surface area contributed by atoms with Gasteiger partial charge < -0.3 is 4.74 Å². The van der Waals surface area contributed by atoms with Crippen molar-refractivity contribution in [1.29, 1.82) is 0 Å². The van der Waals surface area contributed by atoms with Crippen LogP contribution in [0.2, 0.25) is 0 Å². The predicted molar refractivity (Wildman–Crippen MR) is 361 cm³/mol. The quantitative estimate of drug-likeness (QED) is 0.112. The molecule has 0 atom stereocenters. The SMILES string of the molecule is [2H]c1c([2H])c([2H])c(-c2c([2H])c(-c3cc4c5c(c3)n(-c3cccc(Oc6ccc7c8ccccc8n(-c8cc(C(C)(C)C)ccn8)c7c6)c3)[c-][n+]5-c3c(-c5c(C([2H])([2H])[2H])cccc5C([2H])([2H])[2H])cc(C(C)(C)C)cc3-c3c([2H])c([2H])c([2H])c([2H])c3-c3c([2H])c([2H])c([2H])c([2H])c3-4)c([2H])c(-c3c([2H])c([2H])c([2H])c([2H])c3[2H])c2[2H])c([2H])c1[2H]. The van der Waals surface area contributed by atoms with Crippen LogP contribution in [-0.2, 0) is 10.8 Å². The van der Waals surface area contributed by atoms with Gasteiger partial charge in [0.25, 0.3) is 6.33 Å². The molecule has 1 aliphatic heterocycles. The van der Waals surface area contributed by atoms with Crippen LogP contribution in [0.15, 0.2) is 254 Å². The topological polar surface area (TPSA) is 35.9 Å². The molecule has 1 aliphatic rings. The van der Waals surface area contributed by atoms with Crippen molar-refractivity contribution >= 4 is 32.8 Å². The minimum Gasteiger partial charge on any atom is -0.458 e. The third-order valence-electron chi connectivity index (χ3n) is 15.8. The molecular weight excluding hydrogens is 1060 g/mol. The molecule has 14 aromatic rings. The number of hydrogen-bond donors (Lipinski definition) is 0. The molecule has 0 N–H and O–H groups in total. The molecular formula is C82H66N4O. The van der Waals surface area contributed by atoms with E-state index in [-0.39, 0.29) is 61.4 Å². The highest BCUT2D eigenvalue weighted by molar-refractivity contribution is 6.10. The first-order valence-corrected chi connectivity index (χ1v) is 28.0. The lowest BCUT2D eigenvalue weighted by molar-refractivity contribution is -0.570. The van der Waals surface area contributed by atoms with E-state index in [1.165, 1.54) is 39.5 Å². The minimum atomic E-state index is -3.12. The molecule has 420 valence electrons. The fourth-order valence-corrected chi connectivity index (χ4v) is 11.6. The first kappa shape index (κ1) is 31.7. The number of aryl methyl sites for hydroxylation is 2. The normalized spacial score (nSPS) is 16.8. The Morgan fingerprint density at radius 2 is 1.03 bits per heavy atom. The van der Waals surface area contributed by atoms with E-state index in [0.717, 1.165) is 27.4 Å². The number of aromatic nitrogens is 4. The zero-order valence-electron chi connectivity index (χ0n) is 74.8. The van der Waals surface area contributed by atoms with Crippen molar-refractivity contribution in [2.24, 2.45) is 0 Å². The van der Waals surface area contributed by atoms with Crippen LogP contribution in [0, 0.1) is 20.0 Å². The Balaban J connectivity index is 1.16.